The Hall–Kier alpha value is -1.42. The van der Waals surface area contributed by atoms with Crippen molar-refractivity contribution in [3.8, 4) is 10.6 Å². The monoisotopic (exact) mass is 246 g/mol. The van der Waals surface area contributed by atoms with Crippen LogP contribution < -0.4 is 0 Å². The fraction of sp³-hybridized carbons (Fsp3) is 0.385. The Kier molecular flexibility index (Phi) is 2.59. The summed E-state index contributed by atoms with van der Waals surface area (Å²) in [7, 11) is 0. The topological polar surface area (TPSA) is 34.9 Å². The van der Waals surface area contributed by atoms with Gasteiger partial charge in [-0.1, -0.05) is 6.07 Å². The van der Waals surface area contributed by atoms with Gasteiger partial charge in [-0.25, -0.2) is 0 Å². The van der Waals surface area contributed by atoms with E-state index in [2.05, 4.69) is 12.0 Å². The zero-order valence-electron chi connectivity index (χ0n) is 9.67. The zero-order valence-corrected chi connectivity index (χ0v) is 10.5. The van der Waals surface area contributed by atoms with Gasteiger partial charge < -0.3 is 0 Å². The number of thiophene rings is 1. The van der Waals surface area contributed by atoms with Crippen LogP contribution in [0.5, 0.6) is 0 Å². The third-order valence-electron chi connectivity index (χ3n) is 3.36. The molecule has 2 aromatic rings. The van der Waals surface area contributed by atoms with E-state index in [1.165, 1.54) is 12.8 Å². The Labute approximate surface area is 104 Å². The van der Waals surface area contributed by atoms with E-state index in [0.717, 1.165) is 22.8 Å². The van der Waals surface area contributed by atoms with Crippen molar-refractivity contribution in [3.63, 3.8) is 0 Å². The van der Waals surface area contributed by atoms with E-state index < -0.39 is 0 Å². The molecule has 17 heavy (non-hydrogen) atoms. The van der Waals surface area contributed by atoms with E-state index in [-0.39, 0.29) is 0 Å². The van der Waals surface area contributed by atoms with Gasteiger partial charge >= 0.3 is 0 Å². The lowest BCUT2D eigenvalue weighted by Crippen LogP contribution is -2.07. The van der Waals surface area contributed by atoms with E-state index in [1.807, 2.05) is 28.4 Å². The Morgan fingerprint density at radius 2 is 2.41 bits per heavy atom. The number of carbonyl (C=O) groups is 1. The van der Waals surface area contributed by atoms with Crippen molar-refractivity contribution in [2.75, 3.05) is 0 Å². The van der Waals surface area contributed by atoms with Crippen molar-refractivity contribution < 1.29 is 4.79 Å². The first kappa shape index (κ1) is 10.7. The van der Waals surface area contributed by atoms with Crippen molar-refractivity contribution in [3.05, 3.63) is 29.3 Å². The molecule has 1 atom stereocenters. The largest absolute Gasteiger partial charge is 0.298 e. The number of hydrogen-bond acceptors (Lipinski definition) is 3. The van der Waals surface area contributed by atoms with Crippen LogP contribution in [-0.4, -0.2) is 16.1 Å². The maximum atomic E-state index is 11.1. The van der Waals surface area contributed by atoms with Crippen LogP contribution in [0.3, 0.4) is 0 Å². The smallest absolute Gasteiger partial charge is 0.153 e. The summed E-state index contributed by atoms with van der Waals surface area (Å²) in [5, 5.41) is 6.59. The molecule has 2 heterocycles. The number of nitrogens with zero attached hydrogens (tertiary/aromatic N) is 2. The molecule has 0 saturated heterocycles. The lowest BCUT2D eigenvalue weighted by Gasteiger charge is -2.09. The van der Waals surface area contributed by atoms with Crippen LogP contribution in [0, 0.1) is 5.92 Å². The molecule has 0 N–H and O–H groups in total. The number of aromatic nitrogens is 2. The zero-order chi connectivity index (χ0) is 11.8. The van der Waals surface area contributed by atoms with Crippen LogP contribution in [-0.2, 0) is 0 Å². The molecule has 1 saturated carbocycles. The molecule has 1 unspecified atom stereocenters. The highest BCUT2D eigenvalue weighted by molar-refractivity contribution is 7.13. The number of hydrogen-bond donors (Lipinski definition) is 0. The van der Waals surface area contributed by atoms with E-state index >= 15 is 0 Å². The van der Waals surface area contributed by atoms with Crippen LogP contribution in [0.1, 0.15) is 36.2 Å². The molecule has 1 fully saturated rings. The van der Waals surface area contributed by atoms with Crippen LogP contribution in [0.25, 0.3) is 10.6 Å². The van der Waals surface area contributed by atoms with Gasteiger partial charge in [-0.05, 0) is 37.1 Å². The van der Waals surface area contributed by atoms with Gasteiger partial charge in [-0.3, -0.25) is 9.48 Å². The van der Waals surface area contributed by atoms with Crippen LogP contribution in [0.15, 0.2) is 23.7 Å². The quantitative estimate of drug-likeness (QED) is 0.775. The molecule has 0 radical (unpaired) electrons. The average Bonchev–Trinajstić information content (AvgIpc) is 2.90. The molecule has 0 aliphatic heterocycles. The molecule has 1 aliphatic carbocycles. The fourth-order valence-corrected chi connectivity index (χ4v) is 2.83. The van der Waals surface area contributed by atoms with Crippen LogP contribution in [0.4, 0.5) is 0 Å². The first-order valence-corrected chi connectivity index (χ1v) is 6.76. The second-order valence-electron chi connectivity index (χ2n) is 4.59. The fourth-order valence-electron chi connectivity index (χ4n) is 2.10. The Morgan fingerprint density at radius 3 is 3.00 bits per heavy atom. The molecule has 0 aromatic carbocycles. The molecule has 1 aliphatic rings. The van der Waals surface area contributed by atoms with Gasteiger partial charge in [0, 0.05) is 6.20 Å². The first-order chi connectivity index (χ1) is 8.29. The highest BCUT2D eigenvalue weighted by Gasteiger charge is 2.30. The number of rotatable bonds is 4. The predicted octanol–water partition coefficient (Wildman–Crippen LogP) is 3.40. The third-order valence-corrected chi connectivity index (χ3v) is 4.24. The molecule has 2 aromatic heterocycles. The molecule has 0 amide bonds. The highest BCUT2D eigenvalue weighted by Crippen LogP contribution is 2.39. The average molecular weight is 246 g/mol. The van der Waals surface area contributed by atoms with E-state index in [9.17, 15) is 4.79 Å². The second-order valence-corrected chi connectivity index (χ2v) is 5.53. The van der Waals surface area contributed by atoms with E-state index in [4.69, 9.17) is 0 Å². The summed E-state index contributed by atoms with van der Waals surface area (Å²) in [6.07, 6.45) is 5.35. The van der Waals surface area contributed by atoms with Crippen molar-refractivity contribution >= 4 is 17.6 Å². The van der Waals surface area contributed by atoms with Gasteiger partial charge in [0.25, 0.3) is 0 Å². The standard InChI is InChI=1S/C13H14N2OS/c1-9(10-4-5-10)15-7-11(8-16)13(14-15)12-3-2-6-17-12/h2-3,6-10H,4-5H2,1H3. The van der Waals surface area contributed by atoms with E-state index in [0.29, 0.717) is 11.6 Å². The van der Waals surface area contributed by atoms with Gasteiger partial charge in [0.2, 0.25) is 0 Å². The third kappa shape index (κ3) is 1.93. The van der Waals surface area contributed by atoms with E-state index in [1.54, 1.807) is 11.3 Å². The number of aldehydes is 1. The molecule has 3 nitrogen and oxygen atoms in total. The summed E-state index contributed by atoms with van der Waals surface area (Å²) in [6.45, 7) is 2.18. The predicted molar refractivity (Wildman–Crippen MR) is 68.4 cm³/mol. The molecule has 0 spiro atoms. The molecule has 3 rings (SSSR count). The molecule has 4 heteroatoms. The lowest BCUT2D eigenvalue weighted by atomic mass is 10.2. The molecule has 0 bridgehead atoms. The maximum absolute atomic E-state index is 11.1. The van der Waals surface area contributed by atoms with Gasteiger partial charge in [0.1, 0.15) is 5.69 Å². The highest BCUT2D eigenvalue weighted by atomic mass is 32.1. The van der Waals surface area contributed by atoms with Crippen molar-refractivity contribution in [2.45, 2.75) is 25.8 Å². The summed E-state index contributed by atoms with van der Waals surface area (Å²) < 4.78 is 1.95. The van der Waals surface area contributed by atoms with Crippen LogP contribution in [0.2, 0.25) is 0 Å². The SMILES string of the molecule is CC(C1CC1)n1cc(C=O)c(-c2cccs2)n1. The molecule has 88 valence electrons. The maximum Gasteiger partial charge on any atom is 0.153 e. The second kappa shape index (κ2) is 4.11. The molecular weight excluding hydrogens is 232 g/mol. The Morgan fingerprint density at radius 1 is 1.59 bits per heavy atom. The number of carbonyl (C=O) groups excluding carboxylic acids is 1. The van der Waals surface area contributed by atoms with Gasteiger partial charge in [0.05, 0.1) is 16.5 Å². The molecular formula is C13H14N2OS. The Bertz CT molecular complexity index is 526. The normalized spacial score (nSPS) is 17.0. The minimum absolute atomic E-state index is 0.405. The van der Waals surface area contributed by atoms with Crippen molar-refractivity contribution in [1.29, 1.82) is 0 Å². The van der Waals surface area contributed by atoms with Gasteiger partial charge in [-0.15, -0.1) is 11.3 Å². The Balaban J connectivity index is 2.00. The summed E-state index contributed by atoms with van der Waals surface area (Å²) in [6, 6.07) is 4.40. The summed E-state index contributed by atoms with van der Waals surface area (Å²) in [5.74, 6) is 0.741. The minimum Gasteiger partial charge on any atom is -0.298 e. The van der Waals surface area contributed by atoms with Crippen molar-refractivity contribution in [2.24, 2.45) is 5.92 Å². The lowest BCUT2D eigenvalue weighted by molar-refractivity contribution is 0.112. The summed E-state index contributed by atoms with van der Waals surface area (Å²) in [4.78, 5) is 12.2. The van der Waals surface area contributed by atoms with Crippen LogP contribution >= 0.6 is 11.3 Å². The first-order valence-electron chi connectivity index (χ1n) is 5.88. The minimum atomic E-state index is 0.405. The summed E-state index contributed by atoms with van der Waals surface area (Å²) in [5.41, 5.74) is 1.52. The van der Waals surface area contributed by atoms with Gasteiger partial charge in [0.15, 0.2) is 6.29 Å². The van der Waals surface area contributed by atoms with Gasteiger partial charge in [-0.2, -0.15) is 5.10 Å². The summed E-state index contributed by atoms with van der Waals surface area (Å²) >= 11 is 1.62. The van der Waals surface area contributed by atoms with Crippen molar-refractivity contribution in [1.82, 2.24) is 9.78 Å².